The fraction of sp³-hybridized carbons (Fsp3) is 0.562. The van der Waals surface area contributed by atoms with E-state index in [1.54, 1.807) is 7.11 Å². The number of amides is 2. The van der Waals surface area contributed by atoms with Crippen LogP contribution in [0.3, 0.4) is 0 Å². The van der Waals surface area contributed by atoms with Crippen molar-refractivity contribution in [3.05, 3.63) is 35.4 Å². The Morgan fingerprint density at radius 3 is 2.83 bits per heavy atom. The summed E-state index contributed by atoms with van der Waals surface area (Å²) in [6, 6.07) is 4.07. The van der Waals surface area contributed by atoms with Crippen LogP contribution in [0.15, 0.2) is 24.3 Å². The van der Waals surface area contributed by atoms with Crippen LogP contribution in [0.5, 0.6) is 0 Å². The fourth-order valence-electron chi connectivity index (χ4n) is 2.68. The number of nitrogens with one attached hydrogen (secondary N) is 1. The third-order valence-corrected chi connectivity index (χ3v) is 3.85. The monoisotopic (exact) mass is 346 g/mol. The molecule has 1 heterocycles. The SMILES string of the molecule is COC[C@H]1CN(C(=O)N[C@H](C)c2ccccc2C(F)(F)F)CCO1. The standard InChI is InChI=1S/C16H21F3N2O3/c1-11(13-5-3-4-6-14(13)16(17,18)19)20-15(22)21-7-8-24-12(9-21)10-23-2/h3-6,11-12H,7-10H2,1-2H3,(H,20,22)/t11-,12-/m1/s1. The van der Waals surface area contributed by atoms with Gasteiger partial charge in [-0.05, 0) is 18.6 Å². The number of halogens is 3. The number of ether oxygens (including phenoxy) is 2. The van der Waals surface area contributed by atoms with Gasteiger partial charge in [0.05, 0.1) is 37.5 Å². The van der Waals surface area contributed by atoms with Crippen LogP contribution in [0.4, 0.5) is 18.0 Å². The van der Waals surface area contributed by atoms with Crippen LogP contribution in [0.1, 0.15) is 24.1 Å². The Balaban J connectivity index is 2.04. The van der Waals surface area contributed by atoms with Crippen LogP contribution in [-0.4, -0.2) is 50.4 Å². The Bertz CT molecular complexity index is 564. The summed E-state index contributed by atoms with van der Waals surface area (Å²) in [6.45, 7) is 2.99. The summed E-state index contributed by atoms with van der Waals surface area (Å²) < 4.78 is 49.7. The molecule has 1 aromatic rings. The molecule has 0 radical (unpaired) electrons. The van der Waals surface area contributed by atoms with Crippen molar-refractivity contribution in [1.29, 1.82) is 0 Å². The average Bonchev–Trinajstić information content (AvgIpc) is 2.54. The van der Waals surface area contributed by atoms with Crippen LogP contribution in [0.2, 0.25) is 0 Å². The molecule has 2 rings (SSSR count). The summed E-state index contributed by atoms with van der Waals surface area (Å²) in [4.78, 5) is 13.9. The average molecular weight is 346 g/mol. The zero-order valence-corrected chi connectivity index (χ0v) is 13.6. The first-order valence-electron chi connectivity index (χ1n) is 7.65. The van der Waals surface area contributed by atoms with Crippen molar-refractivity contribution in [2.24, 2.45) is 0 Å². The highest BCUT2D eigenvalue weighted by Gasteiger charge is 2.35. The lowest BCUT2D eigenvalue weighted by Gasteiger charge is -2.33. The summed E-state index contributed by atoms with van der Waals surface area (Å²) in [7, 11) is 1.54. The molecule has 2 amide bonds. The van der Waals surface area contributed by atoms with Gasteiger partial charge in [-0.15, -0.1) is 0 Å². The molecule has 1 aliphatic heterocycles. The van der Waals surface area contributed by atoms with E-state index >= 15 is 0 Å². The first-order chi connectivity index (χ1) is 11.3. The molecule has 0 spiro atoms. The van der Waals surface area contributed by atoms with Gasteiger partial charge in [-0.2, -0.15) is 13.2 Å². The van der Waals surface area contributed by atoms with Gasteiger partial charge in [-0.3, -0.25) is 0 Å². The van der Waals surface area contributed by atoms with E-state index in [4.69, 9.17) is 9.47 Å². The first kappa shape index (κ1) is 18.5. The van der Waals surface area contributed by atoms with Gasteiger partial charge in [-0.1, -0.05) is 18.2 Å². The number of hydrogen-bond acceptors (Lipinski definition) is 3. The number of hydrogen-bond donors (Lipinski definition) is 1. The summed E-state index contributed by atoms with van der Waals surface area (Å²) in [5.74, 6) is 0. The molecule has 0 unspecified atom stereocenters. The van der Waals surface area contributed by atoms with E-state index in [9.17, 15) is 18.0 Å². The Labute approximate surface area is 138 Å². The molecule has 1 aromatic carbocycles. The first-order valence-corrected chi connectivity index (χ1v) is 7.65. The molecule has 1 fully saturated rings. The van der Waals surface area contributed by atoms with Gasteiger partial charge < -0.3 is 19.7 Å². The molecule has 0 aromatic heterocycles. The van der Waals surface area contributed by atoms with Gasteiger partial charge in [0.25, 0.3) is 0 Å². The Kier molecular flexibility index (Phi) is 6.06. The number of rotatable bonds is 4. The molecule has 2 atom stereocenters. The third kappa shape index (κ3) is 4.61. The maximum Gasteiger partial charge on any atom is 0.416 e. The van der Waals surface area contributed by atoms with Crippen molar-refractivity contribution >= 4 is 6.03 Å². The summed E-state index contributed by atoms with van der Waals surface area (Å²) in [5, 5.41) is 2.63. The molecule has 134 valence electrons. The number of nitrogens with zero attached hydrogens (tertiary/aromatic N) is 1. The van der Waals surface area contributed by atoms with Gasteiger partial charge in [0, 0.05) is 13.7 Å². The van der Waals surface area contributed by atoms with E-state index < -0.39 is 23.8 Å². The van der Waals surface area contributed by atoms with Crippen LogP contribution in [-0.2, 0) is 15.7 Å². The molecule has 5 nitrogen and oxygen atoms in total. The largest absolute Gasteiger partial charge is 0.416 e. The lowest BCUT2D eigenvalue weighted by Crippen LogP contribution is -2.51. The van der Waals surface area contributed by atoms with Gasteiger partial charge in [0.15, 0.2) is 0 Å². The molecule has 0 aliphatic carbocycles. The normalized spacial score (nSPS) is 19.9. The maximum atomic E-state index is 13.1. The molecule has 0 saturated carbocycles. The van der Waals surface area contributed by atoms with Crippen molar-refractivity contribution in [2.75, 3.05) is 33.4 Å². The van der Waals surface area contributed by atoms with E-state index in [0.29, 0.717) is 26.3 Å². The number of carbonyl (C=O) groups is 1. The second kappa shape index (κ2) is 7.85. The van der Waals surface area contributed by atoms with Crippen molar-refractivity contribution in [2.45, 2.75) is 25.2 Å². The quantitative estimate of drug-likeness (QED) is 0.912. The van der Waals surface area contributed by atoms with Crippen molar-refractivity contribution < 1.29 is 27.4 Å². The molecule has 1 N–H and O–H groups in total. The summed E-state index contributed by atoms with van der Waals surface area (Å²) in [5.41, 5.74) is -0.697. The number of morpholine rings is 1. The van der Waals surface area contributed by atoms with Crippen molar-refractivity contribution in [1.82, 2.24) is 10.2 Å². The Morgan fingerprint density at radius 2 is 2.17 bits per heavy atom. The minimum Gasteiger partial charge on any atom is -0.382 e. The predicted octanol–water partition coefficient (Wildman–Crippen LogP) is 2.82. The predicted molar refractivity (Wildman–Crippen MR) is 81.6 cm³/mol. The van der Waals surface area contributed by atoms with Gasteiger partial charge >= 0.3 is 12.2 Å². The molecule has 1 saturated heterocycles. The zero-order valence-electron chi connectivity index (χ0n) is 13.6. The minimum absolute atomic E-state index is 0.0417. The van der Waals surface area contributed by atoms with E-state index in [1.807, 2.05) is 0 Å². The maximum absolute atomic E-state index is 13.1. The molecular weight excluding hydrogens is 325 g/mol. The Morgan fingerprint density at radius 1 is 1.46 bits per heavy atom. The highest BCUT2D eigenvalue weighted by atomic mass is 19.4. The third-order valence-electron chi connectivity index (χ3n) is 3.85. The zero-order chi connectivity index (χ0) is 17.7. The number of urea groups is 1. The van der Waals surface area contributed by atoms with Gasteiger partial charge in [0.1, 0.15) is 0 Å². The summed E-state index contributed by atoms with van der Waals surface area (Å²) >= 11 is 0. The highest BCUT2D eigenvalue weighted by Crippen LogP contribution is 2.34. The minimum atomic E-state index is -4.46. The van der Waals surface area contributed by atoms with Crippen molar-refractivity contribution in [3.63, 3.8) is 0 Å². The smallest absolute Gasteiger partial charge is 0.382 e. The number of alkyl halides is 3. The molecular formula is C16H21F3N2O3. The molecule has 24 heavy (non-hydrogen) atoms. The second-order valence-electron chi connectivity index (χ2n) is 5.65. The van der Waals surface area contributed by atoms with E-state index in [-0.39, 0.29) is 11.7 Å². The van der Waals surface area contributed by atoms with Crippen LogP contribution < -0.4 is 5.32 Å². The van der Waals surface area contributed by atoms with Gasteiger partial charge in [-0.25, -0.2) is 4.79 Å². The van der Waals surface area contributed by atoms with E-state index in [2.05, 4.69) is 5.32 Å². The second-order valence-corrected chi connectivity index (χ2v) is 5.65. The lowest BCUT2D eigenvalue weighted by atomic mass is 10.0. The number of benzene rings is 1. The number of methoxy groups -OCH3 is 1. The number of carbonyl (C=O) groups excluding carboxylic acids is 1. The topological polar surface area (TPSA) is 50.8 Å². The highest BCUT2D eigenvalue weighted by molar-refractivity contribution is 5.75. The van der Waals surface area contributed by atoms with Gasteiger partial charge in [0.2, 0.25) is 0 Å². The molecule has 0 bridgehead atoms. The van der Waals surface area contributed by atoms with Crippen LogP contribution in [0.25, 0.3) is 0 Å². The lowest BCUT2D eigenvalue weighted by molar-refractivity contribution is -0.138. The van der Waals surface area contributed by atoms with E-state index in [1.165, 1.54) is 30.0 Å². The summed E-state index contributed by atoms with van der Waals surface area (Å²) in [6.07, 6.45) is -4.69. The van der Waals surface area contributed by atoms with Crippen molar-refractivity contribution in [3.8, 4) is 0 Å². The van der Waals surface area contributed by atoms with E-state index in [0.717, 1.165) is 6.07 Å². The van der Waals surface area contributed by atoms with Crippen LogP contribution >= 0.6 is 0 Å². The van der Waals surface area contributed by atoms with Crippen LogP contribution in [0, 0.1) is 0 Å². The fourth-order valence-corrected chi connectivity index (χ4v) is 2.68. The molecule has 1 aliphatic rings. The molecule has 8 heteroatoms. The Hall–Kier alpha value is -1.80.